The lowest BCUT2D eigenvalue weighted by Crippen LogP contribution is -2.34. The molecule has 0 radical (unpaired) electrons. The molecule has 1 saturated heterocycles. The number of hydrogen-bond donors (Lipinski definition) is 1. The highest BCUT2D eigenvalue weighted by Gasteiger charge is 2.25. The highest BCUT2D eigenvalue weighted by molar-refractivity contribution is 5.12. The number of rotatable bonds is 5. The Morgan fingerprint density at radius 1 is 1.24 bits per heavy atom. The van der Waals surface area contributed by atoms with E-state index < -0.39 is 0 Å². The van der Waals surface area contributed by atoms with Crippen LogP contribution in [0.3, 0.4) is 0 Å². The molecule has 1 aromatic heterocycles. The molecule has 120 valence electrons. The van der Waals surface area contributed by atoms with Gasteiger partial charge in [0.25, 0.3) is 0 Å². The van der Waals surface area contributed by atoms with Crippen LogP contribution in [0.25, 0.3) is 0 Å². The second-order valence-corrected chi connectivity index (χ2v) is 7.07. The summed E-state index contributed by atoms with van der Waals surface area (Å²) in [6.45, 7) is 12.0. The van der Waals surface area contributed by atoms with Crippen LogP contribution in [0.4, 0.5) is 0 Å². The van der Waals surface area contributed by atoms with Gasteiger partial charge in [0.05, 0.1) is 12.2 Å². The van der Waals surface area contributed by atoms with Crippen molar-refractivity contribution in [2.45, 2.75) is 59.0 Å². The van der Waals surface area contributed by atoms with E-state index in [4.69, 9.17) is 5.73 Å². The van der Waals surface area contributed by atoms with Gasteiger partial charge in [-0.3, -0.25) is 9.58 Å². The van der Waals surface area contributed by atoms with Crippen molar-refractivity contribution in [2.24, 2.45) is 17.6 Å². The zero-order chi connectivity index (χ0) is 15.4. The average Bonchev–Trinajstić information content (AvgIpc) is 2.79. The predicted molar refractivity (Wildman–Crippen MR) is 88.2 cm³/mol. The molecule has 4 nitrogen and oxygen atoms in total. The van der Waals surface area contributed by atoms with Crippen LogP contribution in [0, 0.1) is 11.8 Å². The fourth-order valence-electron chi connectivity index (χ4n) is 3.43. The number of aromatic nitrogens is 2. The van der Waals surface area contributed by atoms with Crippen molar-refractivity contribution in [2.75, 3.05) is 19.6 Å². The average molecular weight is 292 g/mol. The number of nitrogens with two attached hydrogens (primary N) is 1. The zero-order valence-corrected chi connectivity index (χ0v) is 14.1. The molecule has 4 heteroatoms. The van der Waals surface area contributed by atoms with Crippen LogP contribution >= 0.6 is 0 Å². The molecule has 1 aliphatic rings. The highest BCUT2D eigenvalue weighted by atomic mass is 15.3. The Morgan fingerprint density at radius 2 is 2.00 bits per heavy atom. The molecule has 1 aliphatic heterocycles. The fraction of sp³-hybridized carbons (Fsp3) is 0.824. The van der Waals surface area contributed by atoms with E-state index in [2.05, 4.69) is 43.9 Å². The Morgan fingerprint density at radius 3 is 2.57 bits per heavy atom. The first-order valence-corrected chi connectivity index (χ1v) is 8.51. The quantitative estimate of drug-likeness (QED) is 0.906. The summed E-state index contributed by atoms with van der Waals surface area (Å²) in [6, 6.07) is 0.732. The van der Waals surface area contributed by atoms with Crippen LogP contribution in [-0.4, -0.2) is 34.3 Å². The van der Waals surface area contributed by atoms with Gasteiger partial charge in [-0.25, -0.2) is 0 Å². The Balaban J connectivity index is 2.06. The minimum atomic E-state index is 0.323. The first kappa shape index (κ1) is 16.5. The van der Waals surface area contributed by atoms with Crippen molar-refractivity contribution in [3.05, 3.63) is 18.0 Å². The third-order valence-corrected chi connectivity index (χ3v) is 4.95. The summed E-state index contributed by atoms with van der Waals surface area (Å²) in [7, 11) is 0. The summed E-state index contributed by atoms with van der Waals surface area (Å²) in [5.74, 6) is 1.66. The summed E-state index contributed by atoms with van der Waals surface area (Å²) in [5.41, 5.74) is 7.36. The van der Waals surface area contributed by atoms with E-state index in [0.29, 0.717) is 18.6 Å². The largest absolute Gasteiger partial charge is 0.329 e. The summed E-state index contributed by atoms with van der Waals surface area (Å²) < 4.78 is 2.03. The van der Waals surface area contributed by atoms with E-state index in [-0.39, 0.29) is 0 Å². The summed E-state index contributed by atoms with van der Waals surface area (Å²) >= 11 is 0. The van der Waals surface area contributed by atoms with Crippen molar-refractivity contribution in [3.63, 3.8) is 0 Å². The molecular weight excluding hydrogens is 260 g/mol. The molecule has 2 N–H and O–H groups in total. The van der Waals surface area contributed by atoms with Gasteiger partial charge in [-0.1, -0.05) is 13.8 Å². The van der Waals surface area contributed by atoms with Gasteiger partial charge in [-0.2, -0.15) is 5.10 Å². The maximum absolute atomic E-state index is 6.09. The minimum absolute atomic E-state index is 0.323. The summed E-state index contributed by atoms with van der Waals surface area (Å²) in [5, 5.41) is 4.48. The lowest BCUT2D eigenvalue weighted by Gasteiger charge is -2.29. The molecule has 2 unspecified atom stereocenters. The molecule has 2 heterocycles. The van der Waals surface area contributed by atoms with Crippen LogP contribution < -0.4 is 5.73 Å². The second kappa shape index (κ2) is 7.41. The molecule has 2 rings (SSSR count). The van der Waals surface area contributed by atoms with Crippen molar-refractivity contribution in [1.82, 2.24) is 14.7 Å². The van der Waals surface area contributed by atoms with Crippen LogP contribution in [-0.2, 0) is 0 Å². The van der Waals surface area contributed by atoms with Crippen LogP contribution in [0.2, 0.25) is 0 Å². The maximum Gasteiger partial charge on any atom is 0.0538 e. The molecule has 0 spiro atoms. The van der Waals surface area contributed by atoms with E-state index in [1.807, 2.05) is 10.9 Å². The van der Waals surface area contributed by atoms with E-state index in [0.717, 1.165) is 24.9 Å². The van der Waals surface area contributed by atoms with Crippen molar-refractivity contribution in [1.29, 1.82) is 0 Å². The molecule has 0 aromatic carbocycles. The molecule has 0 saturated carbocycles. The molecule has 0 amide bonds. The molecule has 2 atom stereocenters. The Kier molecular flexibility index (Phi) is 5.82. The molecule has 0 bridgehead atoms. The first-order chi connectivity index (χ1) is 10.0. The SMILES string of the molecule is CC(C)C1CCCN(C(CN)c2cnn(C(C)C)c2)CC1. The van der Waals surface area contributed by atoms with Gasteiger partial charge in [0, 0.05) is 24.3 Å². The Hall–Kier alpha value is -0.870. The fourth-order valence-corrected chi connectivity index (χ4v) is 3.43. The van der Waals surface area contributed by atoms with Crippen LogP contribution in [0.5, 0.6) is 0 Å². The standard InChI is InChI=1S/C17H32N4/c1-13(2)15-6-5-8-20(9-7-15)17(10-18)16-11-19-21(12-16)14(3)4/h11-15,17H,5-10,18H2,1-4H3. The zero-order valence-electron chi connectivity index (χ0n) is 14.1. The first-order valence-electron chi connectivity index (χ1n) is 8.51. The van der Waals surface area contributed by atoms with Gasteiger partial charge in [-0.15, -0.1) is 0 Å². The van der Waals surface area contributed by atoms with E-state index >= 15 is 0 Å². The van der Waals surface area contributed by atoms with E-state index in [9.17, 15) is 0 Å². The van der Waals surface area contributed by atoms with Crippen LogP contribution in [0.15, 0.2) is 12.4 Å². The lowest BCUT2D eigenvalue weighted by atomic mass is 9.89. The minimum Gasteiger partial charge on any atom is -0.329 e. The predicted octanol–water partition coefficient (Wildman–Crippen LogP) is 3.22. The van der Waals surface area contributed by atoms with Crippen molar-refractivity contribution in [3.8, 4) is 0 Å². The summed E-state index contributed by atoms with van der Waals surface area (Å²) in [4.78, 5) is 2.57. The van der Waals surface area contributed by atoms with Gasteiger partial charge in [-0.05, 0) is 58.0 Å². The Bertz CT molecular complexity index is 424. The van der Waals surface area contributed by atoms with Gasteiger partial charge >= 0.3 is 0 Å². The highest BCUT2D eigenvalue weighted by Crippen LogP contribution is 2.29. The normalized spacial score (nSPS) is 22.7. The molecule has 0 aliphatic carbocycles. The lowest BCUT2D eigenvalue weighted by molar-refractivity contribution is 0.203. The number of hydrogen-bond acceptors (Lipinski definition) is 3. The van der Waals surface area contributed by atoms with Crippen molar-refractivity contribution < 1.29 is 0 Å². The third-order valence-electron chi connectivity index (χ3n) is 4.95. The van der Waals surface area contributed by atoms with Gasteiger partial charge in [0.15, 0.2) is 0 Å². The topological polar surface area (TPSA) is 47.1 Å². The third kappa shape index (κ3) is 4.07. The van der Waals surface area contributed by atoms with Gasteiger partial charge < -0.3 is 5.73 Å². The van der Waals surface area contributed by atoms with Gasteiger partial charge in [0.2, 0.25) is 0 Å². The maximum atomic E-state index is 6.09. The van der Waals surface area contributed by atoms with E-state index in [1.54, 1.807) is 0 Å². The molecule has 1 fully saturated rings. The van der Waals surface area contributed by atoms with Crippen LogP contribution in [0.1, 0.15) is 64.6 Å². The monoisotopic (exact) mass is 292 g/mol. The molecule has 21 heavy (non-hydrogen) atoms. The number of nitrogens with zero attached hydrogens (tertiary/aromatic N) is 3. The smallest absolute Gasteiger partial charge is 0.0538 e. The summed E-state index contributed by atoms with van der Waals surface area (Å²) in [6.07, 6.45) is 8.12. The Labute approximate surface area is 129 Å². The van der Waals surface area contributed by atoms with Gasteiger partial charge in [0.1, 0.15) is 0 Å². The molecule has 1 aromatic rings. The van der Waals surface area contributed by atoms with E-state index in [1.165, 1.54) is 24.8 Å². The molecular formula is C17H32N4. The number of likely N-dealkylation sites (tertiary alicyclic amines) is 1. The second-order valence-electron chi connectivity index (χ2n) is 7.07. The van der Waals surface area contributed by atoms with Crippen molar-refractivity contribution >= 4 is 0 Å².